The number of hydroxylamine groups is 2. The van der Waals surface area contributed by atoms with E-state index in [1.807, 2.05) is 0 Å². The standard InChI is InChI=1S/C7H15NO4/c1-2-12-8(4-3-5-9)6-7(10)11/h9H,2-6H2,1H3,(H,10,11). The van der Waals surface area contributed by atoms with Crippen LogP contribution in [0.3, 0.4) is 0 Å². The molecule has 0 aliphatic carbocycles. The minimum Gasteiger partial charge on any atom is -0.480 e. The minimum atomic E-state index is -0.929. The molecule has 0 atom stereocenters. The maximum atomic E-state index is 10.3. The van der Waals surface area contributed by atoms with Gasteiger partial charge in [-0.25, -0.2) is 0 Å². The Morgan fingerprint density at radius 1 is 1.58 bits per heavy atom. The average Bonchev–Trinajstić information content (AvgIpc) is 2.00. The van der Waals surface area contributed by atoms with Crippen LogP contribution in [0.25, 0.3) is 0 Å². The van der Waals surface area contributed by atoms with Crippen LogP contribution in [0.15, 0.2) is 0 Å². The van der Waals surface area contributed by atoms with Crippen LogP contribution < -0.4 is 0 Å². The molecule has 0 rings (SSSR count). The first-order chi connectivity index (χ1) is 5.70. The molecule has 0 spiro atoms. The van der Waals surface area contributed by atoms with Crippen LogP contribution in [0.4, 0.5) is 0 Å². The molecule has 0 aromatic heterocycles. The SMILES string of the molecule is CCON(CCCO)CC(=O)O. The lowest BCUT2D eigenvalue weighted by atomic mass is 10.4. The number of nitrogens with zero attached hydrogens (tertiary/aromatic N) is 1. The number of aliphatic hydroxyl groups excluding tert-OH is 1. The molecule has 5 nitrogen and oxygen atoms in total. The molecule has 0 saturated heterocycles. The Labute approximate surface area is 71.5 Å². The van der Waals surface area contributed by atoms with E-state index >= 15 is 0 Å². The monoisotopic (exact) mass is 177 g/mol. The first kappa shape index (κ1) is 11.4. The van der Waals surface area contributed by atoms with E-state index in [1.165, 1.54) is 5.06 Å². The molecule has 0 aromatic rings. The molecule has 0 heterocycles. The first-order valence-corrected chi connectivity index (χ1v) is 3.91. The van der Waals surface area contributed by atoms with Crippen molar-refractivity contribution in [2.75, 3.05) is 26.3 Å². The topological polar surface area (TPSA) is 70.0 Å². The van der Waals surface area contributed by atoms with Gasteiger partial charge in [0.15, 0.2) is 0 Å². The van der Waals surface area contributed by atoms with Gasteiger partial charge in [-0.05, 0) is 13.3 Å². The van der Waals surface area contributed by atoms with Crippen molar-refractivity contribution in [3.63, 3.8) is 0 Å². The number of aliphatic hydroxyl groups is 1. The maximum absolute atomic E-state index is 10.3. The number of aliphatic carboxylic acids is 1. The van der Waals surface area contributed by atoms with E-state index in [4.69, 9.17) is 15.1 Å². The van der Waals surface area contributed by atoms with Crippen molar-refractivity contribution >= 4 is 5.97 Å². The summed E-state index contributed by atoms with van der Waals surface area (Å²) >= 11 is 0. The van der Waals surface area contributed by atoms with Gasteiger partial charge in [0.05, 0.1) is 6.61 Å². The Balaban J connectivity index is 3.61. The van der Waals surface area contributed by atoms with Gasteiger partial charge in [0.25, 0.3) is 0 Å². The summed E-state index contributed by atoms with van der Waals surface area (Å²) in [6.45, 7) is 2.57. The van der Waals surface area contributed by atoms with Gasteiger partial charge >= 0.3 is 5.97 Å². The van der Waals surface area contributed by atoms with Crippen molar-refractivity contribution < 1.29 is 19.8 Å². The highest BCUT2D eigenvalue weighted by molar-refractivity contribution is 5.68. The van der Waals surface area contributed by atoms with Gasteiger partial charge in [-0.3, -0.25) is 9.63 Å². The molecule has 0 saturated carbocycles. The van der Waals surface area contributed by atoms with E-state index in [-0.39, 0.29) is 13.2 Å². The van der Waals surface area contributed by atoms with Crippen molar-refractivity contribution in [1.29, 1.82) is 0 Å². The Morgan fingerprint density at radius 2 is 2.25 bits per heavy atom. The van der Waals surface area contributed by atoms with Crippen molar-refractivity contribution in [2.24, 2.45) is 0 Å². The molecule has 0 aromatic carbocycles. The van der Waals surface area contributed by atoms with Gasteiger partial charge in [-0.2, -0.15) is 5.06 Å². The fourth-order valence-electron chi connectivity index (χ4n) is 0.770. The third kappa shape index (κ3) is 6.09. The average molecular weight is 177 g/mol. The van der Waals surface area contributed by atoms with Gasteiger partial charge in [0.1, 0.15) is 6.54 Å². The molecule has 0 amide bonds. The summed E-state index contributed by atoms with van der Waals surface area (Å²) in [6, 6.07) is 0. The van der Waals surface area contributed by atoms with Gasteiger partial charge in [0, 0.05) is 13.2 Å². The van der Waals surface area contributed by atoms with Crippen molar-refractivity contribution in [3.05, 3.63) is 0 Å². The fourth-order valence-corrected chi connectivity index (χ4v) is 0.770. The molecule has 0 aliphatic rings. The predicted octanol–water partition coefficient (Wildman–Crippen LogP) is -0.293. The van der Waals surface area contributed by atoms with Crippen LogP contribution in [0, 0.1) is 0 Å². The van der Waals surface area contributed by atoms with E-state index in [1.54, 1.807) is 6.92 Å². The molecule has 0 unspecified atom stereocenters. The van der Waals surface area contributed by atoms with E-state index in [0.717, 1.165) is 0 Å². The normalized spacial score (nSPS) is 10.6. The highest BCUT2D eigenvalue weighted by Crippen LogP contribution is 1.92. The smallest absolute Gasteiger partial charge is 0.320 e. The number of carboxylic acids is 1. The third-order valence-electron chi connectivity index (χ3n) is 1.19. The zero-order valence-corrected chi connectivity index (χ0v) is 7.19. The van der Waals surface area contributed by atoms with Gasteiger partial charge in [-0.1, -0.05) is 0 Å². The lowest BCUT2D eigenvalue weighted by Gasteiger charge is -2.17. The quantitative estimate of drug-likeness (QED) is 0.523. The zero-order chi connectivity index (χ0) is 9.40. The Kier molecular flexibility index (Phi) is 6.64. The van der Waals surface area contributed by atoms with Crippen molar-refractivity contribution in [3.8, 4) is 0 Å². The number of carboxylic acid groups (broad SMARTS) is 1. The molecular formula is C7H15NO4. The summed E-state index contributed by atoms with van der Waals surface area (Å²) in [6.07, 6.45) is 0.521. The number of rotatable bonds is 7. The van der Waals surface area contributed by atoms with Gasteiger partial charge < -0.3 is 10.2 Å². The molecule has 0 fully saturated rings. The minimum absolute atomic E-state index is 0.0448. The van der Waals surface area contributed by atoms with Crippen molar-refractivity contribution in [1.82, 2.24) is 5.06 Å². The number of hydrogen-bond donors (Lipinski definition) is 2. The lowest BCUT2D eigenvalue weighted by molar-refractivity contribution is -0.175. The second-order valence-corrected chi connectivity index (χ2v) is 2.25. The summed E-state index contributed by atoms with van der Waals surface area (Å²) in [7, 11) is 0. The number of hydrogen-bond acceptors (Lipinski definition) is 4. The highest BCUT2D eigenvalue weighted by atomic mass is 16.7. The third-order valence-corrected chi connectivity index (χ3v) is 1.19. The summed E-state index contributed by atoms with van der Waals surface area (Å²) in [5, 5.41) is 18.2. The maximum Gasteiger partial charge on any atom is 0.320 e. The summed E-state index contributed by atoms with van der Waals surface area (Å²) in [5.74, 6) is -0.929. The highest BCUT2D eigenvalue weighted by Gasteiger charge is 2.08. The van der Waals surface area contributed by atoms with Gasteiger partial charge in [0.2, 0.25) is 0 Å². The van der Waals surface area contributed by atoms with E-state index in [9.17, 15) is 4.79 Å². The summed E-state index contributed by atoms with van der Waals surface area (Å²) < 4.78 is 0. The summed E-state index contributed by atoms with van der Waals surface area (Å²) in [4.78, 5) is 15.3. The molecule has 0 aliphatic heterocycles. The first-order valence-electron chi connectivity index (χ1n) is 3.91. The van der Waals surface area contributed by atoms with Crippen LogP contribution in [0.5, 0.6) is 0 Å². The molecule has 0 radical (unpaired) electrons. The van der Waals surface area contributed by atoms with Crippen LogP contribution in [-0.4, -0.2) is 47.5 Å². The Hall–Kier alpha value is -0.650. The van der Waals surface area contributed by atoms with Gasteiger partial charge in [-0.15, -0.1) is 0 Å². The van der Waals surface area contributed by atoms with E-state index in [0.29, 0.717) is 19.6 Å². The predicted molar refractivity (Wildman–Crippen MR) is 42.5 cm³/mol. The molecular weight excluding hydrogens is 162 g/mol. The molecule has 72 valence electrons. The molecule has 0 bridgehead atoms. The largest absolute Gasteiger partial charge is 0.480 e. The number of carbonyl (C=O) groups is 1. The lowest BCUT2D eigenvalue weighted by Crippen LogP contribution is -2.31. The van der Waals surface area contributed by atoms with Crippen LogP contribution in [0.2, 0.25) is 0 Å². The molecule has 5 heteroatoms. The zero-order valence-electron chi connectivity index (χ0n) is 7.19. The van der Waals surface area contributed by atoms with Crippen molar-refractivity contribution in [2.45, 2.75) is 13.3 Å². The van der Waals surface area contributed by atoms with E-state index < -0.39 is 5.97 Å². The van der Waals surface area contributed by atoms with Crippen LogP contribution in [0.1, 0.15) is 13.3 Å². The van der Waals surface area contributed by atoms with Crippen LogP contribution in [-0.2, 0) is 9.63 Å². The van der Waals surface area contributed by atoms with Crippen LogP contribution >= 0.6 is 0 Å². The molecule has 12 heavy (non-hydrogen) atoms. The second kappa shape index (κ2) is 7.02. The fraction of sp³-hybridized carbons (Fsp3) is 0.857. The Morgan fingerprint density at radius 3 is 2.67 bits per heavy atom. The molecule has 2 N–H and O–H groups in total. The second-order valence-electron chi connectivity index (χ2n) is 2.25. The Bertz CT molecular complexity index is 129. The van der Waals surface area contributed by atoms with E-state index in [2.05, 4.69) is 0 Å². The summed E-state index contributed by atoms with van der Waals surface area (Å²) in [5.41, 5.74) is 0.